The number of nitriles is 1. The maximum absolute atomic E-state index is 12.4. The van der Waals surface area contributed by atoms with Gasteiger partial charge in [0.2, 0.25) is 0 Å². The number of amides is 1. The fraction of sp³-hybridized carbons (Fsp3) is 0.579. The van der Waals surface area contributed by atoms with E-state index in [1.807, 2.05) is 39.8 Å². The first-order chi connectivity index (χ1) is 11.7. The minimum atomic E-state index is -0.502. The second-order valence-corrected chi connectivity index (χ2v) is 7.48. The highest BCUT2D eigenvalue weighted by Gasteiger charge is 2.34. The Morgan fingerprint density at radius 1 is 1.24 bits per heavy atom. The SMILES string of the molecule is COc1cc(N2CC(C)N(C(=O)OC(C)(C)C)CC2C)ccc1C#N. The number of nitrogens with zero attached hydrogens (tertiary/aromatic N) is 3. The molecule has 2 rings (SSSR count). The maximum atomic E-state index is 12.4. The Morgan fingerprint density at radius 3 is 2.48 bits per heavy atom. The van der Waals surface area contributed by atoms with Crippen molar-refractivity contribution in [3.63, 3.8) is 0 Å². The van der Waals surface area contributed by atoms with Crippen molar-refractivity contribution >= 4 is 11.8 Å². The molecule has 2 unspecified atom stereocenters. The molecular weight excluding hydrogens is 318 g/mol. The van der Waals surface area contributed by atoms with Crippen molar-refractivity contribution in [1.82, 2.24) is 4.90 Å². The third kappa shape index (κ3) is 4.36. The van der Waals surface area contributed by atoms with Gasteiger partial charge in [-0.15, -0.1) is 0 Å². The fourth-order valence-corrected chi connectivity index (χ4v) is 3.01. The molecule has 0 spiro atoms. The van der Waals surface area contributed by atoms with Gasteiger partial charge in [-0.2, -0.15) is 5.26 Å². The zero-order valence-corrected chi connectivity index (χ0v) is 15.9. The summed E-state index contributed by atoms with van der Waals surface area (Å²) in [6.07, 6.45) is -0.274. The predicted molar refractivity (Wildman–Crippen MR) is 96.9 cm³/mol. The van der Waals surface area contributed by atoms with Gasteiger partial charge in [-0.3, -0.25) is 0 Å². The van der Waals surface area contributed by atoms with Gasteiger partial charge in [0.05, 0.1) is 12.7 Å². The Morgan fingerprint density at radius 2 is 1.92 bits per heavy atom. The van der Waals surface area contributed by atoms with Crippen LogP contribution in [-0.4, -0.2) is 48.9 Å². The second kappa shape index (κ2) is 7.22. The van der Waals surface area contributed by atoms with Crippen LogP contribution in [0.3, 0.4) is 0 Å². The molecule has 1 aliphatic rings. The van der Waals surface area contributed by atoms with E-state index in [4.69, 9.17) is 14.7 Å². The molecule has 1 aromatic rings. The first-order valence-corrected chi connectivity index (χ1v) is 8.50. The average Bonchev–Trinajstić information content (AvgIpc) is 2.54. The Hall–Kier alpha value is -2.42. The Bertz CT molecular complexity index is 675. The van der Waals surface area contributed by atoms with Gasteiger partial charge in [-0.25, -0.2) is 4.79 Å². The molecule has 0 aliphatic carbocycles. The zero-order chi connectivity index (χ0) is 18.8. The Balaban J connectivity index is 2.17. The number of hydrogen-bond donors (Lipinski definition) is 0. The van der Waals surface area contributed by atoms with E-state index in [-0.39, 0.29) is 18.2 Å². The first kappa shape index (κ1) is 18.9. The number of rotatable bonds is 2. The molecule has 1 heterocycles. The van der Waals surface area contributed by atoms with E-state index in [2.05, 4.69) is 17.9 Å². The monoisotopic (exact) mass is 345 g/mol. The van der Waals surface area contributed by atoms with Crippen LogP contribution in [-0.2, 0) is 4.74 Å². The number of anilines is 1. The van der Waals surface area contributed by atoms with E-state index in [9.17, 15) is 4.79 Å². The third-order valence-electron chi connectivity index (χ3n) is 4.25. The standard InChI is InChI=1S/C19H27N3O3/c1-13-12-22(18(23)25-19(3,4)5)14(2)11-21(13)16-8-7-15(10-20)17(9-16)24-6/h7-9,13-14H,11-12H2,1-6H3. The number of benzene rings is 1. The topological polar surface area (TPSA) is 65.8 Å². The van der Waals surface area contributed by atoms with E-state index in [1.165, 1.54) is 0 Å². The van der Waals surface area contributed by atoms with Crippen molar-refractivity contribution in [2.24, 2.45) is 0 Å². The van der Waals surface area contributed by atoms with Crippen molar-refractivity contribution in [2.45, 2.75) is 52.3 Å². The molecule has 1 aromatic carbocycles. The van der Waals surface area contributed by atoms with E-state index in [0.717, 1.165) is 5.69 Å². The summed E-state index contributed by atoms with van der Waals surface area (Å²) in [6.45, 7) is 11.0. The van der Waals surface area contributed by atoms with Gasteiger partial charge in [-0.1, -0.05) is 0 Å². The molecule has 1 aliphatic heterocycles. The number of carbonyl (C=O) groups excluding carboxylic acids is 1. The summed E-state index contributed by atoms with van der Waals surface area (Å²) in [7, 11) is 1.56. The molecule has 0 radical (unpaired) electrons. The molecule has 0 aromatic heterocycles. The van der Waals surface area contributed by atoms with Crippen LogP contribution in [0.4, 0.5) is 10.5 Å². The summed E-state index contributed by atoms with van der Waals surface area (Å²) in [4.78, 5) is 16.4. The first-order valence-electron chi connectivity index (χ1n) is 8.50. The molecule has 2 atom stereocenters. The molecular formula is C19H27N3O3. The molecule has 1 fully saturated rings. The number of piperazine rings is 1. The Labute approximate surface area is 149 Å². The largest absolute Gasteiger partial charge is 0.495 e. The molecule has 0 bridgehead atoms. The lowest BCUT2D eigenvalue weighted by atomic mass is 10.1. The van der Waals surface area contributed by atoms with Gasteiger partial charge in [0.15, 0.2) is 0 Å². The van der Waals surface area contributed by atoms with Crippen molar-refractivity contribution in [1.29, 1.82) is 5.26 Å². The maximum Gasteiger partial charge on any atom is 0.410 e. The average molecular weight is 345 g/mol. The minimum Gasteiger partial charge on any atom is -0.495 e. The van der Waals surface area contributed by atoms with E-state index >= 15 is 0 Å². The summed E-state index contributed by atoms with van der Waals surface area (Å²) in [6, 6.07) is 7.85. The van der Waals surface area contributed by atoms with Gasteiger partial charge in [0, 0.05) is 36.9 Å². The molecule has 1 amide bonds. The second-order valence-electron chi connectivity index (χ2n) is 7.48. The van der Waals surface area contributed by atoms with Gasteiger partial charge < -0.3 is 19.3 Å². The minimum absolute atomic E-state index is 0.0210. The van der Waals surface area contributed by atoms with Crippen LogP contribution in [0.5, 0.6) is 5.75 Å². The highest BCUT2D eigenvalue weighted by molar-refractivity contribution is 5.69. The van der Waals surface area contributed by atoms with Crippen molar-refractivity contribution < 1.29 is 14.3 Å². The molecule has 6 heteroatoms. The Kier molecular flexibility index (Phi) is 5.46. The van der Waals surface area contributed by atoms with Crippen LogP contribution in [0.1, 0.15) is 40.2 Å². The van der Waals surface area contributed by atoms with Crippen LogP contribution in [0.15, 0.2) is 18.2 Å². The molecule has 1 saturated heterocycles. The lowest BCUT2D eigenvalue weighted by Gasteiger charge is -2.45. The summed E-state index contributed by atoms with van der Waals surface area (Å²) in [5.74, 6) is 0.564. The molecule has 25 heavy (non-hydrogen) atoms. The fourth-order valence-electron chi connectivity index (χ4n) is 3.01. The van der Waals surface area contributed by atoms with Crippen molar-refractivity contribution in [2.75, 3.05) is 25.1 Å². The van der Waals surface area contributed by atoms with Gasteiger partial charge >= 0.3 is 6.09 Å². The van der Waals surface area contributed by atoms with Gasteiger partial charge in [-0.05, 0) is 46.8 Å². The van der Waals surface area contributed by atoms with Crippen molar-refractivity contribution in [3.05, 3.63) is 23.8 Å². The zero-order valence-electron chi connectivity index (χ0n) is 15.9. The van der Waals surface area contributed by atoms with Gasteiger partial charge in [0.25, 0.3) is 0 Å². The van der Waals surface area contributed by atoms with Crippen LogP contribution >= 0.6 is 0 Å². The van der Waals surface area contributed by atoms with Crippen LogP contribution < -0.4 is 9.64 Å². The normalized spacial score (nSPS) is 20.8. The van der Waals surface area contributed by atoms with E-state index in [1.54, 1.807) is 18.1 Å². The number of carbonyl (C=O) groups is 1. The molecule has 6 nitrogen and oxygen atoms in total. The van der Waals surface area contributed by atoms with E-state index < -0.39 is 5.60 Å². The highest BCUT2D eigenvalue weighted by Crippen LogP contribution is 2.29. The summed E-state index contributed by atoms with van der Waals surface area (Å²) in [5.41, 5.74) is 0.996. The third-order valence-corrected chi connectivity index (χ3v) is 4.25. The summed E-state index contributed by atoms with van der Waals surface area (Å²) < 4.78 is 10.8. The summed E-state index contributed by atoms with van der Waals surface area (Å²) >= 11 is 0. The summed E-state index contributed by atoms with van der Waals surface area (Å²) in [5, 5.41) is 9.13. The van der Waals surface area contributed by atoms with Crippen molar-refractivity contribution in [3.8, 4) is 11.8 Å². The lowest BCUT2D eigenvalue weighted by molar-refractivity contribution is 0.0130. The molecule has 0 N–H and O–H groups in total. The molecule has 136 valence electrons. The number of methoxy groups -OCH3 is 1. The molecule has 0 saturated carbocycles. The van der Waals surface area contributed by atoms with E-state index in [0.29, 0.717) is 24.4 Å². The van der Waals surface area contributed by atoms with Crippen LogP contribution in [0.25, 0.3) is 0 Å². The predicted octanol–water partition coefficient (Wildman–Crippen LogP) is 3.40. The van der Waals surface area contributed by atoms with Gasteiger partial charge in [0.1, 0.15) is 17.4 Å². The number of hydrogen-bond acceptors (Lipinski definition) is 5. The smallest absolute Gasteiger partial charge is 0.410 e. The quantitative estimate of drug-likeness (QED) is 0.822. The van der Waals surface area contributed by atoms with Crippen LogP contribution in [0.2, 0.25) is 0 Å². The number of ether oxygens (including phenoxy) is 2. The lowest BCUT2D eigenvalue weighted by Crippen LogP contribution is -2.59. The van der Waals surface area contributed by atoms with Crippen LogP contribution in [0, 0.1) is 11.3 Å². The highest BCUT2D eigenvalue weighted by atomic mass is 16.6.